The minimum absolute atomic E-state index is 0.0642. The molecule has 0 aliphatic heterocycles. The molecule has 0 saturated carbocycles. The van der Waals surface area contributed by atoms with Crippen LogP contribution in [0.3, 0.4) is 0 Å². The monoisotopic (exact) mass is 372 g/mol. The van der Waals surface area contributed by atoms with Crippen LogP contribution in [0.4, 0.5) is 5.69 Å². The summed E-state index contributed by atoms with van der Waals surface area (Å²) >= 11 is 6.01. The van der Waals surface area contributed by atoms with E-state index >= 15 is 0 Å². The van der Waals surface area contributed by atoms with Gasteiger partial charge in [-0.25, -0.2) is 4.99 Å². The smallest absolute Gasteiger partial charge is 0.221 e. The number of benzene rings is 2. The van der Waals surface area contributed by atoms with E-state index in [1.807, 2.05) is 55.5 Å². The Bertz CT molecular complexity index is 744. The highest BCUT2D eigenvalue weighted by Gasteiger charge is 2.00. The average molecular weight is 373 g/mol. The minimum atomic E-state index is -0.0642. The number of hydrogen-bond acceptors (Lipinski definition) is 2. The van der Waals surface area contributed by atoms with Gasteiger partial charge < -0.3 is 16.0 Å². The summed E-state index contributed by atoms with van der Waals surface area (Å²) in [5.41, 5.74) is 3.08. The number of anilines is 1. The fraction of sp³-hybridized carbons (Fsp3) is 0.300. The van der Waals surface area contributed by atoms with Gasteiger partial charge in [0, 0.05) is 30.7 Å². The molecule has 3 N–H and O–H groups in total. The van der Waals surface area contributed by atoms with Crippen molar-refractivity contribution in [3.63, 3.8) is 0 Å². The first kappa shape index (κ1) is 19.8. The minimum Gasteiger partial charge on any atom is -0.357 e. The van der Waals surface area contributed by atoms with Crippen LogP contribution in [0.25, 0.3) is 0 Å². The Kier molecular flexibility index (Phi) is 7.96. The van der Waals surface area contributed by atoms with Crippen LogP contribution in [0.1, 0.15) is 25.0 Å². The second-order valence-corrected chi connectivity index (χ2v) is 6.32. The highest BCUT2D eigenvalue weighted by Crippen LogP contribution is 2.11. The van der Waals surface area contributed by atoms with Gasteiger partial charge in [0.15, 0.2) is 5.96 Å². The molecular weight excluding hydrogens is 348 g/mol. The molecule has 26 heavy (non-hydrogen) atoms. The quantitative estimate of drug-likeness (QED) is 0.514. The van der Waals surface area contributed by atoms with Gasteiger partial charge >= 0.3 is 0 Å². The first-order valence-corrected chi connectivity index (χ1v) is 9.07. The van der Waals surface area contributed by atoms with Gasteiger partial charge in [-0.2, -0.15) is 0 Å². The van der Waals surface area contributed by atoms with Crippen molar-refractivity contribution in [3.8, 4) is 0 Å². The van der Waals surface area contributed by atoms with Gasteiger partial charge in [0.25, 0.3) is 0 Å². The van der Waals surface area contributed by atoms with Crippen molar-refractivity contribution >= 4 is 29.2 Å². The summed E-state index contributed by atoms with van der Waals surface area (Å²) in [5, 5.41) is 10.1. The number of nitrogens with zero attached hydrogens (tertiary/aromatic N) is 1. The van der Waals surface area contributed by atoms with Gasteiger partial charge in [-0.15, -0.1) is 0 Å². The maximum Gasteiger partial charge on any atom is 0.221 e. The molecule has 2 rings (SSSR count). The Hall–Kier alpha value is -2.53. The van der Waals surface area contributed by atoms with Crippen LogP contribution in [0, 0.1) is 0 Å². The zero-order valence-corrected chi connectivity index (χ0v) is 15.9. The Labute approximate surface area is 159 Å². The van der Waals surface area contributed by atoms with Crippen LogP contribution < -0.4 is 16.0 Å². The maximum absolute atomic E-state index is 11.0. The zero-order chi connectivity index (χ0) is 18.8. The molecule has 0 unspecified atom stereocenters. The van der Waals surface area contributed by atoms with E-state index < -0.39 is 0 Å². The Balaban J connectivity index is 1.85. The van der Waals surface area contributed by atoms with Crippen LogP contribution in [0.15, 0.2) is 53.5 Å². The van der Waals surface area contributed by atoms with Crippen molar-refractivity contribution in [1.82, 2.24) is 10.6 Å². The summed E-state index contributed by atoms with van der Waals surface area (Å²) in [6.07, 6.45) is 0.863. The number of amides is 1. The molecular formula is C20H25ClN4O. The van der Waals surface area contributed by atoms with E-state index in [1.165, 1.54) is 12.5 Å². The lowest BCUT2D eigenvalue weighted by atomic mass is 10.1. The fourth-order valence-corrected chi connectivity index (χ4v) is 2.64. The van der Waals surface area contributed by atoms with E-state index in [1.54, 1.807) is 0 Å². The number of hydrogen-bond donors (Lipinski definition) is 3. The fourth-order valence-electron chi connectivity index (χ4n) is 2.43. The first-order valence-electron chi connectivity index (χ1n) is 8.70. The summed E-state index contributed by atoms with van der Waals surface area (Å²) in [4.78, 5) is 15.6. The summed E-state index contributed by atoms with van der Waals surface area (Å²) in [7, 11) is 0. The predicted octanol–water partition coefficient (Wildman–Crippen LogP) is 3.60. The van der Waals surface area contributed by atoms with Gasteiger partial charge in [-0.05, 0) is 48.7 Å². The van der Waals surface area contributed by atoms with Gasteiger partial charge in [-0.3, -0.25) is 4.79 Å². The predicted molar refractivity (Wildman–Crippen MR) is 109 cm³/mol. The van der Waals surface area contributed by atoms with Crippen LogP contribution in [-0.4, -0.2) is 25.0 Å². The lowest BCUT2D eigenvalue weighted by molar-refractivity contribution is -0.114. The molecule has 0 aliphatic rings. The summed E-state index contributed by atoms with van der Waals surface area (Å²) < 4.78 is 0. The number of aliphatic imine (C=N–C) groups is 1. The molecule has 0 spiro atoms. The van der Waals surface area contributed by atoms with E-state index in [0.717, 1.165) is 41.7 Å². The van der Waals surface area contributed by atoms with E-state index in [2.05, 4.69) is 20.9 Å². The lowest BCUT2D eigenvalue weighted by Gasteiger charge is -2.11. The zero-order valence-electron chi connectivity index (χ0n) is 15.2. The second kappa shape index (κ2) is 10.5. The molecule has 0 saturated heterocycles. The van der Waals surface area contributed by atoms with Gasteiger partial charge in [0.05, 0.1) is 6.54 Å². The number of guanidine groups is 1. The second-order valence-electron chi connectivity index (χ2n) is 5.88. The standard InChI is InChI=1S/C20H25ClN4O/c1-3-22-20(24-14-17-5-4-6-18(21)13-17)23-12-11-16-7-9-19(10-8-16)25-15(2)26/h4-10,13H,3,11-12,14H2,1-2H3,(H,25,26)(H2,22,23,24). The summed E-state index contributed by atoms with van der Waals surface area (Å²) in [6, 6.07) is 15.6. The van der Waals surface area contributed by atoms with E-state index in [9.17, 15) is 4.79 Å². The van der Waals surface area contributed by atoms with Crippen molar-refractivity contribution < 1.29 is 4.79 Å². The van der Waals surface area contributed by atoms with Crippen LogP contribution in [0.2, 0.25) is 5.02 Å². The molecule has 0 heterocycles. The van der Waals surface area contributed by atoms with Gasteiger partial charge in [0.2, 0.25) is 5.91 Å². The van der Waals surface area contributed by atoms with Crippen LogP contribution >= 0.6 is 11.6 Å². The summed E-state index contributed by atoms with van der Waals surface area (Å²) in [5.74, 6) is 0.716. The molecule has 0 bridgehead atoms. The molecule has 0 aromatic heterocycles. The molecule has 0 atom stereocenters. The molecule has 0 aliphatic carbocycles. The van der Waals surface area contributed by atoms with Crippen molar-refractivity contribution in [1.29, 1.82) is 0 Å². The Morgan fingerprint density at radius 1 is 1.08 bits per heavy atom. The normalized spacial score (nSPS) is 11.1. The van der Waals surface area contributed by atoms with E-state index in [0.29, 0.717) is 6.54 Å². The number of carbonyl (C=O) groups is 1. The Morgan fingerprint density at radius 3 is 2.50 bits per heavy atom. The van der Waals surface area contributed by atoms with Crippen molar-refractivity contribution in [3.05, 3.63) is 64.7 Å². The third kappa shape index (κ3) is 7.15. The average Bonchev–Trinajstić information content (AvgIpc) is 2.61. The number of rotatable bonds is 7. The highest BCUT2D eigenvalue weighted by molar-refractivity contribution is 6.30. The van der Waals surface area contributed by atoms with E-state index in [4.69, 9.17) is 11.6 Å². The van der Waals surface area contributed by atoms with Crippen LogP contribution in [-0.2, 0) is 17.8 Å². The molecule has 138 valence electrons. The molecule has 2 aromatic rings. The third-order valence-electron chi connectivity index (χ3n) is 3.63. The molecule has 0 fully saturated rings. The molecule has 1 amide bonds. The van der Waals surface area contributed by atoms with Crippen molar-refractivity contribution in [2.75, 3.05) is 18.4 Å². The number of nitrogens with one attached hydrogen (secondary N) is 3. The largest absolute Gasteiger partial charge is 0.357 e. The maximum atomic E-state index is 11.0. The number of halogens is 1. The molecule has 0 radical (unpaired) electrons. The molecule has 2 aromatic carbocycles. The Morgan fingerprint density at radius 2 is 1.85 bits per heavy atom. The highest BCUT2D eigenvalue weighted by atomic mass is 35.5. The van der Waals surface area contributed by atoms with Gasteiger partial charge in [-0.1, -0.05) is 35.9 Å². The molecule has 6 heteroatoms. The molecule has 5 nitrogen and oxygen atoms in total. The lowest BCUT2D eigenvalue weighted by Crippen LogP contribution is -2.38. The summed E-state index contributed by atoms with van der Waals surface area (Å²) in [6.45, 7) is 5.68. The van der Waals surface area contributed by atoms with Crippen molar-refractivity contribution in [2.24, 2.45) is 4.99 Å². The number of carbonyl (C=O) groups excluding carboxylic acids is 1. The topological polar surface area (TPSA) is 65.5 Å². The van der Waals surface area contributed by atoms with E-state index in [-0.39, 0.29) is 5.91 Å². The van der Waals surface area contributed by atoms with Crippen molar-refractivity contribution in [2.45, 2.75) is 26.8 Å². The third-order valence-corrected chi connectivity index (χ3v) is 3.87. The first-order chi connectivity index (χ1) is 12.6. The van der Waals surface area contributed by atoms with Crippen LogP contribution in [0.5, 0.6) is 0 Å². The SMILES string of the molecule is CCNC(=NCc1cccc(Cl)c1)NCCc1ccc(NC(C)=O)cc1. The van der Waals surface area contributed by atoms with Gasteiger partial charge in [0.1, 0.15) is 0 Å².